The standard InChI is InChI=1S/C11H11F2NOS/c12-7-1-2-9(13)8(5-7)10-6-11(15)14-3-4-16-10/h1-2,5,10H,3-4,6H2,(H,14,15)/t10-/m1/s1. The second kappa shape index (κ2) is 4.82. The van der Waals surface area contributed by atoms with E-state index in [4.69, 9.17) is 0 Å². The number of rotatable bonds is 1. The average molecular weight is 243 g/mol. The Morgan fingerprint density at radius 3 is 3.00 bits per heavy atom. The number of benzene rings is 1. The van der Waals surface area contributed by atoms with E-state index >= 15 is 0 Å². The Morgan fingerprint density at radius 1 is 1.38 bits per heavy atom. The highest BCUT2D eigenvalue weighted by molar-refractivity contribution is 7.99. The smallest absolute Gasteiger partial charge is 0.221 e. The van der Waals surface area contributed by atoms with Crippen LogP contribution in [0.25, 0.3) is 0 Å². The van der Waals surface area contributed by atoms with Gasteiger partial charge in [-0.3, -0.25) is 4.79 Å². The van der Waals surface area contributed by atoms with E-state index in [1.54, 1.807) is 0 Å². The maximum atomic E-state index is 13.5. The molecule has 1 aromatic rings. The van der Waals surface area contributed by atoms with E-state index in [9.17, 15) is 13.6 Å². The fraction of sp³-hybridized carbons (Fsp3) is 0.364. The quantitative estimate of drug-likeness (QED) is 0.819. The minimum absolute atomic E-state index is 0.112. The van der Waals surface area contributed by atoms with Crippen LogP contribution in [0.1, 0.15) is 17.2 Å². The molecule has 1 saturated heterocycles. The molecule has 1 aliphatic heterocycles. The van der Waals surface area contributed by atoms with Gasteiger partial charge in [0.15, 0.2) is 0 Å². The molecule has 1 fully saturated rings. The molecule has 0 aliphatic carbocycles. The Hall–Kier alpha value is -1.10. The van der Waals surface area contributed by atoms with Gasteiger partial charge in [0.05, 0.1) is 0 Å². The van der Waals surface area contributed by atoms with Gasteiger partial charge in [0, 0.05) is 29.5 Å². The van der Waals surface area contributed by atoms with Crippen molar-refractivity contribution in [2.75, 3.05) is 12.3 Å². The van der Waals surface area contributed by atoms with Gasteiger partial charge in [0.25, 0.3) is 0 Å². The Balaban J connectivity index is 2.27. The molecule has 2 nitrogen and oxygen atoms in total. The molecule has 2 rings (SSSR count). The molecule has 0 bridgehead atoms. The first-order chi connectivity index (χ1) is 7.66. The first-order valence-corrected chi connectivity index (χ1v) is 6.05. The summed E-state index contributed by atoms with van der Waals surface area (Å²) >= 11 is 1.47. The number of thioether (sulfide) groups is 1. The molecular formula is C11H11F2NOS. The Morgan fingerprint density at radius 2 is 2.19 bits per heavy atom. The van der Waals surface area contributed by atoms with E-state index < -0.39 is 11.6 Å². The van der Waals surface area contributed by atoms with Crippen molar-refractivity contribution in [3.63, 3.8) is 0 Å². The third-order valence-corrected chi connectivity index (χ3v) is 3.68. The van der Waals surface area contributed by atoms with Gasteiger partial charge in [-0.25, -0.2) is 8.78 Å². The number of halogens is 2. The van der Waals surface area contributed by atoms with Crippen molar-refractivity contribution in [1.82, 2.24) is 5.32 Å². The summed E-state index contributed by atoms with van der Waals surface area (Å²) < 4.78 is 26.5. The normalized spacial score (nSPS) is 21.4. The fourth-order valence-corrected chi connectivity index (χ4v) is 2.79. The van der Waals surface area contributed by atoms with Gasteiger partial charge < -0.3 is 5.32 Å². The lowest BCUT2D eigenvalue weighted by molar-refractivity contribution is -0.120. The van der Waals surface area contributed by atoms with Gasteiger partial charge in [0.1, 0.15) is 11.6 Å². The van der Waals surface area contributed by atoms with Gasteiger partial charge in [-0.1, -0.05) is 0 Å². The molecule has 0 unspecified atom stereocenters. The number of hydrogen-bond donors (Lipinski definition) is 1. The molecule has 1 atom stereocenters. The van der Waals surface area contributed by atoms with Crippen LogP contribution in [0.2, 0.25) is 0 Å². The van der Waals surface area contributed by atoms with Crippen molar-refractivity contribution in [3.8, 4) is 0 Å². The zero-order chi connectivity index (χ0) is 11.5. The van der Waals surface area contributed by atoms with E-state index in [1.165, 1.54) is 17.8 Å². The van der Waals surface area contributed by atoms with Crippen LogP contribution >= 0.6 is 11.8 Å². The largest absolute Gasteiger partial charge is 0.355 e. The third kappa shape index (κ3) is 2.52. The molecular weight excluding hydrogens is 232 g/mol. The van der Waals surface area contributed by atoms with Crippen molar-refractivity contribution >= 4 is 17.7 Å². The van der Waals surface area contributed by atoms with E-state index in [0.717, 1.165) is 12.1 Å². The first kappa shape index (κ1) is 11.4. The van der Waals surface area contributed by atoms with Crippen LogP contribution in [0.3, 0.4) is 0 Å². The maximum absolute atomic E-state index is 13.5. The topological polar surface area (TPSA) is 29.1 Å². The van der Waals surface area contributed by atoms with Gasteiger partial charge in [-0.2, -0.15) is 11.8 Å². The lowest BCUT2D eigenvalue weighted by Gasteiger charge is -2.13. The second-order valence-electron chi connectivity index (χ2n) is 3.58. The fourth-order valence-electron chi connectivity index (χ4n) is 1.65. The van der Waals surface area contributed by atoms with Crippen molar-refractivity contribution in [2.45, 2.75) is 11.7 Å². The Kier molecular flexibility index (Phi) is 3.43. The monoisotopic (exact) mass is 243 g/mol. The van der Waals surface area contributed by atoms with E-state index in [0.29, 0.717) is 12.3 Å². The van der Waals surface area contributed by atoms with Crippen molar-refractivity contribution < 1.29 is 13.6 Å². The predicted octanol–water partition coefficient (Wildman–Crippen LogP) is 2.26. The maximum Gasteiger partial charge on any atom is 0.221 e. The summed E-state index contributed by atoms with van der Waals surface area (Å²) in [6.45, 7) is 0.580. The van der Waals surface area contributed by atoms with Crippen LogP contribution in [0, 0.1) is 11.6 Å². The van der Waals surface area contributed by atoms with Crippen LogP contribution in [0.5, 0.6) is 0 Å². The molecule has 16 heavy (non-hydrogen) atoms. The summed E-state index contributed by atoms with van der Waals surface area (Å²) in [5, 5.41) is 2.41. The Labute approximate surface area is 96.4 Å². The lowest BCUT2D eigenvalue weighted by Crippen LogP contribution is -2.23. The van der Waals surface area contributed by atoms with Crippen molar-refractivity contribution in [1.29, 1.82) is 0 Å². The van der Waals surface area contributed by atoms with Crippen molar-refractivity contribution in [3.05, 3.63) is 35.4 Å². The van der Waals surface area contributed by atoms with Gasteiger partial charge in [-0.05, 0) is 18.2 Å². The lowest BCUT2D eigenvalue weighted by atomic mass is 10.1. The highest BCUT2D eigenvalue weighted by atomic mass is 32.2. The van der Waals surface area contributed by atoms with Crippen LogP contribution in [0.4, 0.5) is 8.78 Å². The number of carbonyl (C=O) groups excluding carboxylic acids is 1. The number of amides is 1. The van der Waals surface area contributed by atoms with Crippen LogP contribution in [0.15, 0.2) is 18.2 Å². The molecule has 0 spiro atoms. The SMILES string of the molecule is O=C1C[C@H](c2cc(F)ccc2F)SCCN1. The Bertz CT molecular complexity index is 411. The minimum atomic E-state index is -0.471. The van der Waals surface area contributed by atoms with E-state index in [2.05, 4.69) is 5.32 Å². The number of carbonyl (C=O) groups is 1. The van der Waals surface area contributed by atoms with Crippen LogP contribution in [-0.2, 0) is 4.79 Å². The second-order valence-corrected chi connectivity index (χ2v) is 4.89. The molecule has 5 heteroatoms. The zero-order valence-corrected chi connectivity index (χ0v) is 9.32. The van der Waals surface area contributed by atoms with Crippen molar-refractivity contribution in [2.24, 2.45) is 0 Å². The molecule has 1 amide bonds. The molecule has 0 aromatic heterocycles. The van der Waals surface area contributed by atoms with E-state index in [-0.39, 0.29) is 23.1 Å². The highest BCUT2D eigenvalue weighted by Crippen LogP contribution is 2.34. The first-order valence-electron chi connectivity index (χ1n) is 5.00. The highest BCUT2D eigenvalue weighted by Gasteiger charge is 2.22. The summed E-state index contributed by atoms with van der Waals surface area (Å²) in [6, 6.07) is 3.36. The molecule has 86 valence electrons. The van der Waals surface area contributed by atoms with Crippen LogP contribution in [-0.4, -0.2) is 18.2 Å². The average Bonchev–Trinajstić information content (AvgIpc) is 2.46. The van der Waals surface area contributed by atoms with Gasteiger partial charge in [-0.15, -0.1) is 0 Å². The third-order valence-electron chi connectivity index (χ3n) is 2.42. The van der Waals surface area contributed by atoms with Gasteiger partial charge in [0.2, 0.25) is 5.91 Å². The van der Waals surface area contributed by atoms with E-state index in [1.807, 2.05) is 0 Å². The van der Waals surface area contributed by atoms with Gasteiger partial charge >= 0.3 is 0 Å². The summed E-state index contributed by atoms with van der Waals surface area (Å²) in [5.41, 5.74) is 0.280. The molecule has 1 aliphatic rings. The molecule has 0 saturated carbocycles. The summed E-state index contributed by atoms with van der Waals surface area (Å²) in [6.07, 6.45) is 0.199. The number of nitrogens with one attached hydrogen (secondary N) is 1. The predicted molar refractivity (Wildman–Crippen MR) is 59.2 cm³/mol. The number of hydrogen-bond acceptors (Lipinski definition) is 2. The molecule has 1 aromatic carbocycles. The summed E-state index contributed by atoms with van der Waals surface area (Å²) in [4.78, 5) is 11.3. The summed E-state index contributed by atoms with van der Waals surface area (Å²) in [7, 11) is 0. The zero-order valence-electron chi connectivity index (χ0n) is 8.50. The van der Waals surface area contributed by atoms with Crippen LogP contribution < -0.4 is 5.32 Å². The molecule has 1 heterocycles. The minimum Gasteiger partial charge on any atom is -0.355 e. The molecule has 1 N–H and O–H groups in total. The molecule has 0 radical (unpaired) electrons. The summed E-state index contributed by atoms with van der Waals surface area (Å²) in [5.74, 6) is -0.319.